The van der Waals surface area contributed by atoms with Crippen molar-refractivity contribution in [2.45, 2.75) is 76.0 Å². The van der Waals surface area contributed by atoms with Crippen molar-refractivity contribution in [3.05, 3.63) is 48.0 Å². The Hall–Kier alpha value is -0.414. The molecule has 1 N–H and O–H groups in total. The summed E-state index contributed by atoms with van der Waals surface area (Å²) in [6.45, 7) is 2.22. The van der Waals surface area contributed by atoms with Crippen molar-refractivity contribution in [3.63, 3.8) is 0 Å². The third-order valence-electron chi connectivity index (χ3n) is 4.94. The molecule has 0 aliphatic rings. The van der Waals surface area contributed by atoms with E-state index in [1.807, 2.05) is 0 Å². The average molecular weight is 459 g/mol. The van der Waals surface area contributed by atoms with Crippen LogP contribution in [0.15, 0.2) is 47.4 Å². The van der Waals surface area contributed by atoms with Crippen LogP contribution in [0.4, 0.5) is 0 Å². The van der Waals surface area contributed by atoms with Crippen LogP contribution in [-0.4, -0.2) is 13.0 Å². The molecular formula is C23H31KO5S. The second-order valence-electron chi connectivity index (χ2n) is 7.37. The summed E-state index contributed by atoms with van der Waals surface area (Å²) in [5.74, 6) is 0.370. The number of hydrogen-bond donors (Lipinski definition) is 1. The van der Waals surface area contributed by atoms with Gasteiger partial charge in [-0.05, 0) is 37.1 Å². The molecule has 5 nitrogen and oxygen atoms in total. The minimum atomic E-state index is -4.39. The molecule has 30 heavy (non-hydrogen) atoms. The van der Waals surface area contributed by atoms with E-state index in [4.69, 9.17) is 4.74 Å². The molecule has 0 atom stereocenters. The molecule has 0 aliphatic carbocycles. The molecule has 2 rings (SSSR count). The van der Waals surface area contributed by atoms with Crippen LogP contribution in [0.5, 0.6) is 17.2 Å². The van der Waals surface area contributed by atoms with Gasteiger partial charge in [-0.2, -0.15) is 8.42 Å². The zero-order valence-electron chi connectivity index (χ0n) is 18.1. The average Bonchev–Trinajstić information content (AvgIpc) is 2.68. The van der Waals surface area contributed by atoms with E-state index >= 15 is 0 Å². The summed E-state index contributed by atoms with van der Waals surface area (Å²) in [6, 6.07) is 10.5. The number of hydrogen-bond acceptors (Lipinski definition) is 4. The Morgan fingerprint density at radius 3 is 2.13 bits per heavy atom. The van der Waals surface area contributed by atoms with Crippen LogP contribution in [0.25, 0.3) is 0 Å². The summed E-state index contributed by atoms with van der Waals surface area (Å²) in [6.07, 6.45) is 11.6. The standard InChI is InChI=1S/C23H32O5S.K/c1-2-3-4-5-6-7-8-9-10-13-19-18-20(16-17-21(19)24)28-22-14-11-12-15-23(22)29(25,26)27;/h11-12,14-18,24H,2-10,13H2,1H3,(H,25,26,27);/q;+1/p-1. The smallest absolute Gasteiger partial charge is 0.872 e. The van der Waals surface area contributed by atoms with Crippen LogP contribution in [0.3, 0.4) is 0 Å². The van der Waals surface area contributed by atoms with Crippen molar-refractivity contribution in [2.24, 2.45) is 0 Å². The molecule has 0 saturated heterocycles. The normalized spacial score (nSPS) is 11.1. The second-order valence-corrected chi connectivity index (χ2v) is 8.76. The first kappa shape index (κ1) is 27.6. The van der Waals surface area contributed by atoms with Gasteiger partial charge >= 0.3 is 51.4 Å². The summed E-state index contributed by atoms with van der Waals surface area (Å²) < 4.78 is 38.0. The van der Waals surface area contributed by atoms with E-state index in [1.54, 1.807) is 12.1 Å². The summed E-state index contributed by atoms with van der Waals surface area (Å²) in [5, 5.41) is 12.1. The fourth-order valence-electron chi connectivity index (χ4n) is 3.32. The maximum atomic E-state index is 12.1. The van der Waals surface area contributed by atoms with Gasteiger partial charge in [-0.3, -0.25) is 4.55 Å². The molecule has 0 unspecified atom stereocenters. The first-order valence-electron chi connectivity index (χ1n) is 10.5. The number of rotatable bonds is 13. The van der Waals surface area contributed by atoms with Crippen LogP contribution < -0.4 is 61.2 Å². The monoisotopic (exact) mass is 458 g/mol. The Morgan fingerprint density at radius 1 is 0.900 bits per heavy atom. The number of ether oxygens (including phenoxy) is 1. The summed E-state index contributed by atoms with van der Waals surface area (Å²) >= 11 is 0. The van der Waals surface area contributed by atoms with Gasteiger partial charge in [0.1, 0.15) is 16.4 Å². The van der Waals surface area contributed by atoms with Gasteiger partial charge in [-0.1, -0.05) is 82.1 Å². The first-order valence-corrected chi connectivity index (χ1v) is 11.9. The maximum Gasteiger partial charge on any atom is 1.00 e. The van der Waals surface area contributed by atoms with Crippen molar-refractivity contribution in [3.8, 4) is 17.2 Å². The Bertz CT molecular complexity index is 868. The summed E-state index contributed by atoms with van der Waals surface area (Å²) in [5.41, 5.74) is 0.662. The molecule has 0 fully saturated rings. The fraction of sp³-hybridized carbons (Fsp3) is 0.478. The molecule has 0 heterocycles. The van der Waals surface area contributed by atoms with Gasteiger partial charge in [0, 0.05) is 0 Å². The predicted octanol–water partition coefficient (Wildman–Crippen LogP) is 2.88. The van der Waals surface area contributed by atoms with Crippen LogP contribution in [0, 0.1) is 0 Å². The Kier molecular flexibility index (Phi) is 13.5. The molecule has 0 saturated carbocycles. The SMILES string of the molecule is CCCCCCCCCCCc1cc(Oc2ccccc2S(=O)(=O)O)ccc1[O-].[K+]. The van der Waals surface area contributed by atoms with E-state index in [-0.39, 0.29) is 67.8 Å². The topological polar surface area (TPSA) is 86.7 Å². The third-order valence-corrected chi connectivity index (χ3v) is 5.83. The minimum absolute atomic E-state index is 0. The second kappa shape index (κ2) is 14.6. The number of benzene rings is 2. The van der Waals surface area contributed by atoms with E-state index in [0.717, 1.165) is 12.8 Å². The van der Waals surface area contributed by atoms with E-state index in [2.05, 4.69) is 6.92 Å². The zero-order chi connectivity index (χ0) is 21.1. The number of aryl methyl sites for hydroxylation is 1. The quantitative estimate of drug-likeness (QED) is 0.283. The summed E-state index contributed by atoms with van der Waals surface area (Å²) in [7, 11) is -4.39. The van der Waals surface area contributed by atoms with Crippen LogP contribution in [0.2, 0.25) is 0 Å². The molecule has 0 spiro atoms. The molecule has 0 amide bonds. The van der Waals surface area contributed by atoms with Gasteiger partial charge in [0.15, 0.2) is 0 Å². The first-order chi connectivity index (χ1) is 13.9. The maximum absolute atomic E-state index is 12.1. The molecule has 0 radical (unpaired) electrons. The third kappa shape index (κ3) is 9.81. The van der Waals surface area contributed by atoms with Crippen LogP contribution >= 0.6 is 0 Å². The molecule has 2 aromatic carbocycles. The van der Waals surface area contributed by atoms with E-state index in [9.17, 15) is 18.1 Å². The number of para-hydroxylation sites is 1. The van der Waals surface area contributed by atoms with E-state index in [0.29, 0.717) is 17.7 Å². The van der Waals surface area contributed by atoms with Gasteiger partial charge in [0.25, 0.3) is 10.1 Å². The Labute approximate surface area is 223 Å². The summed E-state index contributed by atoms with van der Waals surface area (Å²) in [4.78, 5) is -0.299. The van der Waals surface area contributed by atoms with E-state index in [1.165, 1.54) is 75.3 Å². The largest absolute Gasteiger partial charge is 1.00 e. The zero-order valence-corrected chi connectivity index (χ0v) is 22.0. The van der Waals surface area contributed by atoms with Gasteiger partial charge in [-0.25, -0.2) is 0 Å². The van der Waals surface area contributed by atoms with Crippen molar-refractivity contribution in [1.29, 1.82) is 0 Å². The van der Waals surface area contributed by atoms with Gasteiger partial charge in [0.05, 0.1) is 0 Å². The van der Waals surface area contributed by atoms with Crippen molar-refractivity contribution in [2.75, 3.05) is 0 Å². The Morgan fingerprint density at radius 2 is 1.50 bits per heavy atom. The van der Waals surface area contributed by atoms with Crippen LogP contribution in [0.1, 0.15) is 70.3 Å². The van der Waals surface area contributed by atoms with E-state index < -0.39 is 10.1 Å². The fourth-order valence-corrected chi connectivity index (χ4v) is 3.93. The molecular weight excluding hydrogens is 427 g/mol. The molecule has 0 aromatic heterocycles. The van der Waals surface area contributed by atoms with Crippen molar-refractivity contribution < 1.29 is 74.2 Å². The van der Waals surface area contributed by atoms with Gasteiger partial charge in [-0.15, -0.1) is 5.75 Å². The number of unbranched alkanes of at least 4 members (excludes halogenated alkanes) is 8. The molecule has 0 aliphatic heterocycles. The van der Waals surface area contributed by atoms with Crippen LogP contribution in [-0.2, 0) is 16.5 Å². The predicted molar refractivity (Wildman–Crippen MR) is 113 cm³/mol. The molecule has 7 heteroatoms. The molecule has 0 bridgehead atoms. The molecule has 160 valence electrons. The van der Waals surface area contributed by atoms with Gasteiger partial charge < -0.3 is 9.84 Å². The Balaban J connectivity index is 0.00000450. The van der Waals surface area contributed by atoms with Gasteiger partial charge in [0.2, 0.25) is 0 Å². The minimum Gasteiger partial charge on any atom is -0.872 e. The van der Waals surface area contributed by atoms with Crippen molar-refractivity contribution >= 4 is 10.1 Å². The molecule has 2 aromatic rings. The van der Waals surface area contributed by atoms with Crippen molar-refractivity contribution in [1.82, 2.24) is 0 Å².